The van der Waals surface area contributed by atoms with Crippen molar-refractivity contribution in [2.75, 3.05) is 26.1 Å². The Labute approximate surface area is 234 Å². The number of sulfonamides is 1. The molecule has 0 aliphatic carbocycles. The standard InChI is InChI=1S/C25H25ClN8O5S/c1-15(22(39-4)23-27-12-16(26)13-28-23)40(35,36)32-25-31-30-24(17-14-29-33-11-6-5-8-18(17)33)34(25)21-19(37-2)9-7-10-20(21)38-3/h5-15,22H,1-4H3,(H,31,32)/t15-,22-/m0/s1. The van der Waals surface area contributed by atoms with Gasteiger partial charge in [0.2, 0.25) is 16.0 Å². The molecule has 1 aromatic carbocycles. The van der Waals surface area contributed by atoms with Crippen LogP contribution in [0.1, 0.15) is 18.9 Å². The first-order chi connectivity index (χ1) is 19.3. The Morgan fingerprint density at radius 3 is 2.30 bits per heavy atom. The molecule has 4 aromatic heterocycles. The van der Waals surface area contributed by atoms with Gasteiger partial charge in [-0.1, -0.05) is 23.7 Å². The molecule has 15 heteroatoms. The number of pyridine rings is 1. The molecule has 40 heavy (non-hydrogen) atoms. The van der Waals surface area contributed by atoms with E-state index in [4.69, 9.17) is 25.8 Å². The van der Waals surface area contributed by atoms with Crippen molar-refractivity contribution in [3.05, 3.63) is 72.0 Å². The number of para-hydroxylation sites is 1. The van der Waals surface area contributed by atoms with Crippen molar-refractivity contribution in [1.82, 2.24) is 34.3 Å². The lowest BCUT2D eigenvalue weighted by Gasteiger charge is -2.22. The van der Waals surface area contributed by atoms with E-state index in [1.807, 2.05) is 18.2 Å². The largest absolute Gasteiger partial charge is 0.494 e. The van der Waals surface area contributed by atoms with Crippen LogP contribution in [0.15, 0.2) is 61.2 Å². The smallest absolute Gasteiger partial charge is 0.243 e. The molecule has 208 valence electrons. The number of anilines is 1. The average Bonchev–Trinajstić information content (AvgIpc) is 3.57. The van der Waals surface area contributed by atoms with Crippen LogP contribution >= 0.6 is 11.6 Å². The van der Waals surface area contributed by atoms with E-state index in [1.54, 1.807) is 35.1 Å². The third kappa shape index (κ3) is 4.92. The fourth-order valence-corrected chi connectivity index (χ4v) is 5.48. The number of hydrogen-bond acceptors (Lipinski definition) is 10. The second-order valence-electron chi connectivity index (χ2n) is 8.55. The maximum Gasteiger partial charge on any atom is 0.243 e. The van der Waals surface area contributed by atoms with Crippen LogP contribution in [0, 0.1) is 0 Å². The molecular formula is C25H25ClN8O5S. The van der Waals surface area contributed by atoms with Crippen molar-refractivity contribution in [1.29, 1.82) is 0 Å². The molecule has 0 saturated heterocycles. The van der Waals surface area contributed by atoms with Crippen LogP contribution in [0.2, 0.25) is 5.02 Å². The Morgan fingerprint density at radius 1 is 0.950 bits per heavy atom. The molecule has 5 aromatic rings. The molecule has 0 saturated carbocycles. The lowest BCUT2D eigenvalue weighted by molar-refractivity contribution is 0.0950. The van der Waals surface area contributed by atoms with Gasteiger partial charge < -0.3 is 14.2 Å². The molecule has 0 unspecified atom stereocenters. The molecule has 13 nitrogen and oxygen atoms in total. The number of halogens is 1. The molecule has 5 rings (SSSR count). The predicted octanol–water partition coefficient (Wildman–Crippen LogP) is 3.56. The highest BCUT2D eigenvalue weighted by Gasteiger charge is 2.35. The second-order valence-corrected chi connectivity index (χ2v) is 11.0. The average molecular weight is 585 g/mol. The van der Waals surface area contributed by atoms with E-state index >= 15 is 0 Å². The Hall–Kier alpha value is -4.27. The van der Waals surface area contributed by atoms with Gasteiger partial charge in [-0.2, -0.15) is 5.10 Å². The number of nitrogens with one attached hydrogen (secondary N) is 1. The monoisotopic (exact) mass is 584 g/mol. The molecule has 1 N–H and O–H groups in total. The number of aromatic nitrogens is 7. The van der Waals surface area contributed by atoms with Crippen molar-refractivity contribution in [3.63, 3.8) is 0 Å². The van der Waals surface area contributed by atoms with Crippen LogP contribution in [0.3, 0.4) is 0 Å². The fourth-order valence-electron chi connectivity index (χ4n) is 4.25. The topological polar surface area (TPSA) is 148 Å². The zero-order valence-corrected chi connectivity index (χ0v) is 23.5. The number of fused-ring (bicyclic) bond motifs is 1. The highest BCUT2D eigenvalue weighted by molar-refractivity contribution is 7.93. The molecule has 0 aliphatic rings. The lowest BCUT2D eigenvalue weighted by Crippen LogP contribution is -2.33. The molecule has 0 bridgehead atoms. The third-order valence-electron chi connectivity index (χ3n) is 6.25. The highest BCUT2D eigenvalue weighted by Crippen LogP contribution is 2.39. The Kier molecular flexibility index (Phi) is 7.56. The lowest BCUT2D eigenvalue weighted by atomic mass is 10.2. The summed E-state index contributed by atoms with van der Waals surface area (Å²) in [7, 11) is 0.209. The molecule has 4 heterocycles. The molecule has 0 amide bonds. The quantitative estimate of drug-likeness (QED) is 0.258. The van der Waals surface area contributed by atoms with Gasteiger partial charge in [0.05, 0.1) is 36.5 Å². The van der Waals surface area contributed by atoms with Crippen LogP contribution in [0.4, 0.5) is 5.95 Å². The fraction of sp³-hybridized carbons (Fsp3) is 0.240. The number of methoxy groups -OCH3 is 3. The predicted molar refractivity (Wildman–Crippen MR) is 147 cm³/mol. The zero-order valence-electron chi connectivity index (χ0n) is 21.9. The third-order valence-corrected chi connectivity index (χ3v) is 8.14. The van der Waals surface area contributed by atoms with E-state index < -0.39 is 21.4 Å². The van der Waals surface area contributed by atoms with Crippen molar-refractivity contribution in [2.24, 2.45) is 0 Å². The zero-order chi connectivity index (χ0) is 28.4. The van der Waals surface area contributed by atoms with Crippen molar-refractivity contribution in [2.45, 2.75) is 18.3 Å². The summed E-state index contributed by atoms with van der Waals surface area (Å²) in [5, 5.41) is 12.1. The number of ether oxygens (including phenoxy) is 3. The first-order valence-electron chi connectivity index (χ1n) is 11.9. The van der Waals surface area contributed by atoms with Crippen molar-refractivity contribution in [3.8, 4) is 28.6 Å². The number of hydrogen-bond donors (Lipinski definition) is 1. The van der Waals surface area contributed by atoms with Gasteiger partial charge in [0.25, 0.3) is 0 Å². The van der Waals surface area contributed by atoms with Crippen LogP contribution in [-0.2, 0) is 14.8 Å². The van der Waals surface area contributed by atoms with Gasteiger partial charge in [0.15, 0.2) is 11.6 Å². The Morgan fingerprint density at radius 2 is 1.65 bits per heavy atom. The molecule has 2 atom stereocenters. The highest BCUT2D eigenvalue weighted by atomic mass is 35.5. The Bertz CT molecular complexity index is 1730. The molecular weight excluding hydrogens is 560 g/mol. The van der Waals surface area contributed by atoms with Gasteiger partial charge in [-0.3, -0.25) is 9.29 Å². The van der Waals surface area contributed by atoms with Crippen LogP contribution < -0.4 is 14.2 Å². The molecule has 0 aliphatic heterocycles. The first-order valence-corrected chi connectivity index (χ1v) is 13.8. The summed E-state index contributed by atoms with van der Waals surface area (Å²) in [5.74, 6) is 1.15. The normalized spacial score (nSPS) is 13.2. The molecule has 0 radical (unpaired) electrons. The van der Waals surface area contributed by atoms with Gasteiger partial charge in [-0.15, -0.1) is 10.2 Å². The summed E-state index contributed by atoms with van der Waals surface area (Å²) in [6, 6.07) is 10.8. The van der Waals surface area contributed by atoms with Gasteiger partial charge in [0, 0.05) is 25.7 Å². The van der Waals surface area contributed by atoms with Gasteiger partial charge >= 0.3 is 0 Å². The van der Waals surface area contributed by atoms with Gasteiger partial charge in [-0.05, 0) is 31.2 Å². The number of benzene rings is 1. The van der Waals surface area contributed by atoms with E-state index in [2.05, 4.69) is 30.0 Å². The summed E-state index contributed by atoms with van der Waals surface area (Å²) < 4.78 is 49.9. The number of rotatable bonds is 10. The van der Waals surface area contributed by atoms with E-state index in [9.17, 15) is 8.42 Å². The summed E-state index contributed by atoms with van der Waals surface area (Å²) in [6.45, 7) is 1.48. The first kappa shape index (κ1) is 27.3. The minimum absolute atomic E-state index is 0.105. The summed E-state index contributed by atoms with van der Waals surface area (Å²) in [6.07, 6.45) is 5.15. The van der Waals surface area contributed by atoms with Gasteiger partial charge in [0.1, 0.15) is 28.5 Å². The van der Waals surface area contributed by atoms with E-state index in [-0.39, 0.29) is 11.8 Å². The summed E-state index contributed by atoms with van der Waals surface area (Å²) in [5.41, 5.74) is 1.72. The summed E-state index contributed by atoms with van der Waals surface area (Å²) >= 11 is 5.90. The van der Waals surface area contributed by atoms with Crippen molar-refractivity contribution < 1.29 is 22.6 Å². The van der Waals surface area contributed by atoms with Crippen LogP contribution in [0.25, 0.3) is 22.6 Å². The number of nitrogens with zero attached hydrogens (tertiary/aromatic N) is 7. The van der Waals surface area contributed by atoms with Gasteiger partial charge in [-0.25, -0.2) is 22.9 Å². The molecule has 0 fully saturated rings. The van der Waals surface area contributed by atoms with Crippen LogP contribution in [-0.4, -0.2) is 69.3 Å². The maximum absolute atomic E-state index is 13.7. The summed E-state index contributed by atoms with van der Waals surface area (Å²) in [4.78, 5) is 8.27. The minimum Gasteiger partial charge on any atom is -0.494 e. The Balaban J connectivity index is 1.65. The van der Waals surface area contributed by atoms with Crippen molar-refractivity contribution >= 4 is 33.1 Å². The van der Waals surface area contributed by atoms with E-state index in [0.29, 0.717) is 33.6 Å². The molecule has 0 spiro atoms. The minimum atomic E-state index is -4.16. The van der Waals surface area contributed by atoms with E-state index in [0.717, 1.165) is 5.52 Å². The SMILES string of the molecule is COc1cccc(OC)c1-n1c(NS(=O)(=O)[C@@H](C)[C@H](OC)c2ncc(Cl)cn2)nnc1-c1cnn2ccccc12. The van der Waals surface area contributed by atoms with E-state index in [1.165, 1.54) is 45.2 Å². The maximum atomic E-state index is 13.7. The second kappa shape index (κ2) is 11.1. The van der Waals surface area contributed by atoms with Crippen LogP contribution in [0.5, 0.6) is 11.5 Å².